The van der Waals surface area contributed by atoms with Crippen molar-refractivity contribution in [3.05, 3.63) is 119 Å². The normalized spacial score (nSPS) is 15.9. The van der Waals surface area contributed by atoms with E-state index in [1.807, 2.05) is 84.9 Å². The Kier molecular flexibility index (Phi) is 5.13. The second-order valence-corrected chi connectivity index (χ2v) is 7.77. The number of hydrogen-bond acceptors (Lipinski definition) is 4. The number of ketones is 1. The highest BCUT2D eigenvalue weighted by molar-refractivity contribution is 6.16. The minimum absolute atomic E-state index is 0.224. The van der Waals surface area contributed by atoms with Crippen molar-refractivity contribution in [3.63, 3.8) is 0 Å². The van der Waals surface area contributed by atoms with E-state index in [1.54, 1.807) is 30.3 Å². The lowest BCUT2D eigenvalue weighted by molar-refractivity contribution is -0.112. The Morgan fingerprint density at radius 1 is 0.938 bits per heavy atom. The summed E-state index contributed by atoms with van der Waals surface area (Å²) >= 11 is 0. The van der Waals surface area contributed by atoms with Crippen molar-refractivity contribution in [1.29, 1.82) is 0 Å². The Balaban J connectivity index is 1.65. The maximum absolute atomic E-state index is 13.5. The number of carbonyl (C=O) groups is 1. The van der Waals surface area contributed by atoms with E-state index in [4.69, 9.17) is 0 Å². The van der Waals surface area contributed by atoms with Gasteiger partial charge in [0.1, 0.15) is 0 Å². The lowest BCUT2D eigenvalue weighted by Gasteiger charge is -2.35. The van der Waals surface area contributed by atoms with Crippen molar-refractivity contribution >= 4 is 34.0 Å². The number of likely N-dealkylation sites (N-methyl/N-ethyl adjacent to an activating group) is 1. The van der Waals surface area contributed by atoms with Gasteiger partial charge >= 0.3 is 0 Å². The molecule has 0 saturated carbocycles. The van der Waals surface area contributed by atoms with Crippen molar-refractivity contribution < 1.29 is 9.90 Å². The SMILES string of the molecule is CN1c2ccccc2C(c2ccccc2)=C(C(=O)C=Cc2cccc3ncccc23)C1O. The molecule has 156 valence electrons. The average molecular weight is 418 g/mol. The molecule has 0 amide bonds. The number of hydrogen-bond donors (Lipinski definition) is 1. The van der Waals surface area contributed by atoms with Crippen LogP contribution in [0.5, 0.6) is 0 Å². The average Bonchev–Trinajstić information content (AvgIpc) is 2.85. The lowest BCUT2D eigenvalue weighted by atomic mass is 9.85. The van der Waals surface area contributed by atoms with Crippen molar-refractivity contribution in [3.8, 4) is 0 Å². The van der Waals surface area contributed by atoms with Gasteiger partial charge in [0.15, 0.2) is 12.0 Å². The first-order valence-corrected chi connectivity index (χ1v) is 10.5. The van der Waals surface area contributed by atoms with Crippen LogP contribution in [-0.2, 0) is 4.79 Å². The lowest BCUT2D eigenvalue weighted by Crippen LogP contribution is -2.39. The summed E-state index contributed by atoms with van der Waals surface area (Å²) in [5, 5.41) is 12.1. The molecule has 0 fully saturated rings. The number of aliphatic hydroxyl groups is 1. The number of carbonyl (C=O) groups excluding carboxylic acids is 1. The standard InChI is InChI=1S/C28H22N2O2/c1-30-24-15-6-5-12-22(24)26(20-9-3-2-4-10-20)27(28(30)32)25(31)17-16-19-11-7-14-23-21(19)13-8-18-29-23/h2-18,28,32H,1H3. The molecule has 4 nitrogen and oxygen atoms in total. The molecule has 3 aromatic carbocycles. The summed E-state index contributed by atoms with van der Waals surface area (Å²) in [5.74, 6) is -0.224. The zero-order valence-electron chi connectivity index (χ0n) is 17.6. The number of fused-ring (bicyclic) bond motifs is 2. The summed E-state index contributed by atoms with van der Waals surface area (Å²) in [6.45, 7) is 0. The third kappa shape index (κ3) is 3.41. The zero-order chi connectivity index (χ0) is 22.1. The van der Waals surface area contributed by atoms with Crippen LogP contribution in [0.3, 0.4) is 0 Å². The fourth-order valence-electron chi connectivity index (χ4n) is 4.29. The van der Waals surface area contributed by atoms with Gasteiger partial charge in [0.2, 0.25) is 0 Å². The van der Waals surface area contributed by atoms with Gasteiger partial charge in [-0.3, -0.25) is 9.78 Å². The second kappa shape index (κ2) is 8.25. The molecule has 4 aromatic rings. The number of nitrogens with zero attached hydrogens (tertiary/aromatic N) is 2. The highest BCUT2D eigenvalue weighted by atomic mass is 16.3. The minimum atomic E-state index is -1.05. The molecule has 1 N–H and O–H groups in total. The largest absolute Gasteiger partial charge is 0.369 e. The van der Waals surface area contributed by atoms with Gasteiger partial charge < -0.3 is 10.0 Å². The van der Waals surface area contributed by atoms with Gasteiger partial charge in [-0.2, -0.15) is 0 Å². The molecule has 2 heterocycles. The van der Waals surface area contributed by atoms with Crippen LogP contribution in [0.25, 0.3) is 22.6 Å². The molecule has 0 aliphatic carbocycles. The number of allylic oxidation sites excluding steroid dienone is 1. The molecule has 1 aromatic heterocycles. The zero-order valence-corrected chi connectivity index (χ0v) is 17.6. The fourth-order valence-corrected chi connectivity index (χ4v) is 4.29. The van der Waals surface area contributed by atoms with Crippen LogP contribution >= 0.6 is 0 Å². The number of para-hydroxylation sites is 1. The number of benzene rings is 3. The predicted octanol–water partition coefficient (Wildman–Crippen LogP) is 5.09. The number of anilines is 1. The Bertz CT molecular complexity index is 1370. The summed E-state index contributed by atoms with van der Waals surface area (Å²) in [6, 6.07) is 27.3. The topological polar surface area (TPSA) is 53.4 Å². The molecule has 0 bridgehead atoms. The summed E-state index contributed by atoms with van der Waals surface area (Å²) < 4.78 is 0. The van der Waals surface area contributed by atoms with Crippen molar-refractivity contribution in [2.45, 2.75) is 6.23 Å². The van der Waals surface area contributed by atoms with Gasteiger partial charge in [0, 0.05) is 35.5 Å². The van der Waals surface area contributed by atoms with Crippen LogP contribution in [0, 0.1) is 0 Å². The molecule has 0 spiro atoms. The molecule has 1 unspecified atom stereocenters. The summed E-state index contributed by atoms with van der Waals surface area (Å²) in [6.07, 6.45) is 4.05. The monoisotopic (exact) mass is 418 g/mol. The van der Waals surface area contributed by atoms with Crippen LogP contribution in [0.1, 0.15) is 16.7 Å². The minimum Gasteiger partial charge on any atom is -0.369 e. The van der Waals surface area contributed by atoms with E-state index in [2.05, 4.69) is 4.98 Å². The molecule has 0 saturated heterocycles. The molecular formula is C28H22N2O2. The molecular weight excluding hydrogens is 396 g/mol. The molecule has 5 rings (SSSR count). The Labute approximate surface area is 186 Å². The summed E-state index contributed by atoms with van der Waals surface area (Å²) in [5.41, 5.74) is 5.63. The van der Waals surface area contributed by atoms with Gasteiger partial charge in [0.05, 0.1) is 11.1 Å². The first-order chi connectivity index (χ1) is 15.6. The van der Waals surface area contributed by atoms with Gasteiger partial charge in [0.25, 0.3) is 0 Å². The highest BCUT2D eigenvalue weighted by Gasteiger charge is 2.33. The van der Waals surface area contributed by atoms with E-state index >= 15 is 0 Å². The van der Waals surface area contributed by atoms with Crippen LogP contribution in [0.4, 0.5) is 5.69 Å². The van der Waals surface area contributed by atoms with E-state index < -0.39 is 6.23 Å². The maximum Gasteiger partial charge on any atom is 0.187 e. The third-order valence-corrected chi connectivity index (χ3v) is 5.87. The van der Waals surface area contributed by atoms with Gasteiger partial charge in [-0.1, -0.05) is 72.8 Å². The first kappa shape index (κ1) is 19.9. The number of aromatic nitrogens is 1. The summed E-state index contributed by atoms with van der Waals surface area (Å²) in [4.78, 5) is 19.6. The van der Waals surface area contributed by atoms with Gasteiger partial charge in [-0.15, -0.1) is 0 Å². The van der Waals surface area contributed by atoms with E-state index in [-0.39, 0.29) is 5.78 Å². The van der Waals surface area contributed by atoms with Crippen molar-refractivity contribution in [1.82, 2.24) is 4.98 Å². The quantitative estimate of drug-likeness (QED) is 0.469. The number of rotatable bonds is 4. The third-order valence-electron chi connectivity index (χ3n) is 5.87. The predicted molar refractivity (Wildman–Crippen MR) is 129 cm³/mol. The molecule has 0 radical (unpaired) electrons. The van der Waals surface area contributed by atoms with Gasteiger partial charge in [-0.05, 0) is 35.4 Å². The maximum atomic E-state index is 13.5. The van der Waals surface area contributed by atoms with Crippen LogP contribution in [-0.4, -0.2) is 29.1 Å². The molecule has 1 atom stereocenters. The molecule has 32 heavy (non-hydrogen) atoms. The van der Waals surface area contributed by atoms with Crippen LogP contribution < -0.4 is 4.90 Å². The first-order valence-electron chi connectivity index (χ1n) is 10.5. The Hall–Kier alpha value is -4.02. The van der Waals surface area contributed by atoms with E-state index in [0.29, 0.717) is 5.57 Å². The smallest absolute Gasteiger partial charge is 0.187 e. The van der Waals surface area contributed by atoms with E-state index in [9.17, 15) is 9.90 Å². The molecule has 4 heteroatoms. The second-order valence-electron chi connectivity index (χ2n) is 7.77. The highest BCUT2D eigenvalue weighted by Crippen LogP contribution is 2.40. The van der Waals surface area contributed by atoms with E-state index in [1.165, 1.54) is 0 Å². The molecule has 1 aliphatic rings. The van der Waals surface area contributed by atoms with Crippen molar-refractivity contribution in [2.24, 2.45) is 0 Å². The van der Waals surface area contributed by atoms with Crippen LogP contribution in [0.2, 0.25) is 0 Å². The van der Waals surface area contributed by atoms with Crippen LogP contribution in [0.15, 0.2) is 103 Å². The Morgan fingerprint density at radius 3 is 2.56 bits per heavy atom. The van der Waals surface area contributed by atoms with E-state index in [0.717, 1.165) is 38.9 Å². The summed E-state index contributed by atoms with van der Waals surface area (Å²) in [7, 11) is 1.80. The number of pyridine rings is 1. The van der Waals surface area contributed by atoms with Crippen molar-refractivity contribution in [2.75, 3.05) is 11.9 Å². The Morgan fingerprint density at radius 2 is 1.72 bits per heavy atom. The van der Waals surface area contributed by atoms with Gasteiger partial charge in [-0.25, -0.2) is 0 Å². The molecule has 1 aliphatic heterocycles. The fraction of sp³-hybridized carbons (Fsp3) is 0.0714. The number of aliphatic hydroxyl groups excluding tert-OH is 1.